The smallest absolute Gasteiger partial charge is 0.224 e. The van der Waals surface area contributed by atoms with Crippen LogP contribution >= 0.6 is 0 Å². The molecule has 0 aliphatic carbocycles. The molecule has 2 rings (SSSR count). The molecular formula is C12H14N4O. The van der Waals surface area contributed by atoms with Crippen molar-refractivity contribution in [1.82, 2.24) is 14.8 Å². The summed E-state index contributed by atoms with van der Waals surface area (Å²) >= 11 is 0. The van der Waals surface area contributed by atoms with Crippen molar-refractivity contribution in [3.05, 3.63) is 30.6 Å². The minimum absolute atomic E-state index is 0.0225. The van der Waals surface area contributed by atoms with Crippen LogP contribution in [0.1, 0.15) is 6.92 Å². The zero-order chi connectivity index (χ0) is 12.4. The molecule has 5 heteroatoms. The Balaban J connectivity index is 2.41. The lowest BCUT2D eigenvalue weighted by Gasteiger charge is -2.13. The number of amides is 1. The van der Waals surface area contributed by atoms with Crippen LogP contribution in [-0.4, -0.2) is 27.7 Å². The van der Waals surface area contributed by atoms with Gasteiger partial charge in [0, 0.05) is 45.0 Å². The Hall–Kier alpha value is -2.17. The van der Waals surface area contributed by atoms with Gasteiger partial charge in [0.1, 0.15) is 5.82 Å². The molecule has 0 bridgehead atoms. The molecule has 17 heavy (non-hydrogen) atoms. The number of aryl methyl sites for hydroxylation is 1. The van der Waals surface area contributed by atoms with E-state index in [0.29, 0.717) is 0 Å². The van der Waals surface area contributed by atoms with E-state index in [2.05, 4.69) is 10.1 Å². The highest BCUT2D eigenvalue weighted by Gasteiger charge is 2.13. The van der Waals surface area contributed by atoms with Gasteiger partial charge in [-0.15, -0.1) is 0 Å². The molecule has 2 aromatic heterocycles. The van der Waals surface area contributed by atoms with Gasteiger partial charge in [-0.05, 0) is 12.1 Å². The minimum Gasteiger partial charge on any atom is -0.300 e. The molecule has 0 radical (unpaired) electrons. The predicted octanol–water partition coefficient (Wildman–Crippen LogP) is 1.46. The lowest BCUT2D eigenvalue weighted by atomic mass is 10.2. The molecular weight excluding hydrogens is 216 g/mol. The molecule has 0 aliphatic rings. The number of rotatable bonds is 2. The third kappa shape index (κ3) is 2.18. The maximum atomic E-state index is 11.3. The first-order valence-electron chi connectivity index (χ1n) is 5.28. The van der Waals surface area contributed by atoms with E-state index in [0.717, 1.165) is 17.1 Å². The summed E-state index contributed by atoms with van der Waals surface area (Å²) in [6.45, 7) is 1.52. The normalized spacial score (nSPS) is 10.3. The first-order valence-corrected chi connectivity index (χ1v) is 5.28. The van der Waals surface area contributed by atoms with Gasteiger partial charge in [0.05, 0.1) is 5.69 Å². The first kappa shape index (κ1) is 11.3. The Morgan fingerprint density at radius 1 is 1.47 bits per heavy atom. The van der Waals surface area contributed by atoms with Gasteiger partial charge in [0.25, 0.3) is 0 Å². The molecule has 0 unspecified atom stereocenters. The van der Waals surface area contributed by atoms with Gasteiger partial charge in [-0.1, -0.05) is 0 Å². The number of nitrogens with zero attached hydrogens (tertiary/aromatic N) is 4. The number of hydrogen-bond donors (Lipinski definition) is 0. The van der Waals surface area contributed by atoms with Crippen molar-refractivity contribution in [2.75, 3.05) is 11.9 Å². The van der Waals surface area contributed by atoms with Gasteiger partial charge in [0.15, 0.2) is 0 Å². The molecule has 0 atom stereocenters. The summed E-state index contributed by atoms with van der Waals surface area (Å²) in [5, 5.41) is 4.37. The van der Waals surface area contributed by atoms with Crippen LogP contribution in [0, 0.1) is 0 Å². The molecule has 0 N–H and O–H groups in total. The highest BCUT2D eigenvalue weighted by Crippen LogP contribution is 2.22. The van der Waals surface area contributed by atoms with Crippen LogP contribution in [0.2, 0.25) is 0 Å². The van der Waals surface area contributed by atoms with Crippen molar-refractivity contribution < 1.29 is 4.79 Å². The van der Waals surface area contributed by atoms with Crippen molar-refractivity contribution in [1.29, 1.82) is 0 Å². The average Bonchev–Trinajstić information content (AvgIpc) is 2.71. The molecule has 0 spiro atoms. The fourth-order valence-electron chi connectivity index (χ4n) is 1.59. The van der Waals surface area contributed by atoms with E-state index >= 15 is 0 Å². The summed E-state index contributed by atoms with van der Waals surface area (Å²) in [7, 11) is 3.54. The number of anilines is 1. The van der Waals surface area contributed by atoms with Crippen LogP contribution in [0.5, 0.6) is 0 Å². The van der Waals surface area contributed by atoms with E-state index in [1.54, 1.807) is 29.0 Å². The summed E-state index contributed by atoms with van der Waals surface area (Å²) in [6.07, 6.45) is 3.47. The van der Waals surface area contributed by atoms with Gasteiger partial charge in [0.2, 0.25) is 5.91 Å². The van der Waals surface area contributed by atoms with Crippen LogP contribution in [-0.2, 0) is 11.8 Å². The zero-order valence-electron chi connectivity index (χ0n) is 10.1. The SMILES string of the molecule is CC(=O)N(C)c1cc(-c2cccnc2)nn1C. The van der Waals surface area contributed by atoms with Crippen molar-refractivity contribution in [2.24, 2.45) is 7.05 Å². The largest absolute Gasteiger partial charge is 0.300 e. The molecule has 0 aromatic carbocycles. The summed E-state index contributed by atoms with van der Waals surface area (Å²) in [5.74, 6) is 0.738. The third-order valence-corrected chi connectivity index (χ3v) is 2.63. The number of carbonyl (C=O) groups is 1. The molecule has 0 fully saturated rings. The molecule has 0 saturated heterocycles. The second-order valence-electron chi connectivity index (χ2n) is 3.83. The number of pyridine rings is 1. The molecule has 88 valence electrons. The Bertz CT molecular complexity index is 533. The van der Waals surface area contributed by atoms with Crippen LogP contribution in [0.15, 0.2) is 30.6 Å². The standard InChI is InChI=1S/C12H14N4O/c1-9(17)15(2)12-7-11(14-16(12)3)10-5-4-6-13-8-10/h4-8H,1-3H3. The maximum absolute atomic E-state index is 11.3. The average molecular weight is 230 g/mol. The van der Waals surface area contributed by atoms with Gasteiger partial charge in [-0.2, -0.15) is 5.10 Å². The van der Waals surface area contributed by atoms with E-state index < -0.39 is 0 Å². The number of aromatic nitrogens is 3. The van der Waals surface area contributed by atoms with Crippen molar-refractivity contribution in [2.45, 2.75) is 6.92 Å². The van der Waals surface area contributed by atoms with E-state index in [-0.39, 0.29) is 5.91 Å². The fraction of sp³-hybridized carbons (Fsp3) is 0.250. The maximum Gasteiger partial charge on any atom is 0.224 e. The van der Waals surface area contributed by atoms with Crippen molar-refractivity contribution in [3.8, 4) is 11.3 Å². The van der Waals surface area contributed by atoms with E-state index in [1.807, 2.05) is 25.2 Å². The van der Waals surface area contributed by atoms with Gasteiger partial charge in [-0.25, -0.2) is 0 Å². The fourth-order valence-corrected chi connectivity index (χ4v) is 1.59. The van der Waals surface area contributed by atoms with Crippen molar-refractivity contribution in [3.63, 3.8) is 0 Å². The molecule has 5 nitrogen and oxygen atoms in total. The summed E-state index contributed by atoms with van der Waals surface area (Å²) < 4.78 is 1.68. The quantitative estimate of drug-likeness (QED) is 0.785. The topological polar surface area (TPSA) is 51.0 Å². The summed E-state index contributed by atoms with van der Waals surface area (Å²) in [5.41, 5.74) is 1.75. The van der Waals surface area contributed by atoms with Gasteiger partial charge >= 0.3 is 0 Å². The zero-order valence-corrected chi connectivity index (χ0v) is 10.1. The van der Waals surface area contributed by atoms with Crippen LogP contribution in [0.25, 0.3) is 11.3 Å². The third-order valence-electron chi connectivity index (χ3n) is 2.63. The number of hydrogen-bond acceptors (Lipinski definition) is 3. The monoisotopic (exact) mass is 230 g/mol. The van der Waals surface area contributed by atoms with Crippen LogP contribution in [0.4, 0.5) is 5.82 Å². The molecule has 2 aromatic rings. The molecule has 2 heterocycles. The Kier molecular flexibility index (Phi) is 2.91. The highest BCUT2D eigenvalue weighted by atomic mass is 16.2. The van der Waals surface area contributed by atoms with Gasteiger partial charge < -0.3 is 4.90 Å². The van der Waals surface area contributed by atoms with Crippen molar-refractivity contribution >= 4 is 11.7 Å². The second kappa shape index (κ2) is 4.37. The second-order valence-corrected chi connectivity index (χ2v) is 3.83. The Morgan fingerprint density at radius 2 is 2.24 bits per heavy atom. The lowest BCUT2D eigenvalue weighted by molar-refractivity contribution is -0.116. The molecule has 1 amide bonds. The molecule has 0 saturated carbocycles. The Labute approximate surface area is 99.7 Å². The number of carbonyl (C=O) groups excluding carboxylic acids is 1. The Morgan fingerprint density at radius 3 is 2.82 bits per heavy atom. The highest BCUT2D eigenvalue weighted by molar-refractivity contribution is 5.90. The van der Waals surface area contributed by atoms with E-state index in [9.17, 15) is 4.79 Å². The lowest BCUT2D eigenvalue weighted by Crippen LogP contribution is -2.25. The van der Waals surface area contributed by atoms with E-state index in [1.165, 1.54) is 6.92 Å². The predicted molar refractivity (Wildman–Crippen MR) is 65.5 cm³/mol. The summed E-state index contributed by atoms with van der Waals surface area (Å²) in [6, 6.07) is 5.67. The van der Waals surface area contributed by atoms with Gasteiger partial charge in [-0.3, -0.25) is 14.5 Å². The van der Waals surface area contributed by atoms with E-state index in [4.69, 9.17) is 0 Å². The van der Waals surface area contributed by atoms with Crippen LogP contribution < -0.4 is 4.90 Å². The summed E-state index contributed by atoms with van der Waals surface area (Å²) in [4.78, 5) is 16.9. The van der Waals surface area contributed by atoms with Crippen LogP contribution in [0.3, 0.4) is 0 Å². The molecule has 0 aliphatic heterocycles. The first-order chi connectivity index (χ1) is 8.09. The minimum atomic E-state index is -0.0225.